The average molecular weight is 412 g/mol. The fraction of sp³-hybridized carbons (Fsp3) is 0.458. The van der Waals surface area contributed by atoms with Gasteiger partial charge in [0.15, 0.2) is 0 Å². The van der Waals surface area contributed by atoms with Crippen LogP contribution in [-0.4, -0.2) is 66.5 Å². The normalized spacial score (nSPS) is 18.7. The molecule has 5 nitrogen and oxygen atoms in total. The van der Waals surface area contributed by atoms with E-state index < -0.39 is 0 Å². The predicted octanol–water partition coefficient (Wildman–Crippen LogP) is 2.93. The van der Waals surface area contributed by atoms with Crippen LogP contribution in [0.15, 0.2) is 42.5 Å². The van der Waals surface area contributed by atoms with E-state index in [-0.39, 0.29) is 17.8 Å². The topological polar surface area (TPSA) is 36.0 Å². The van der Waals surface area contributed by atoms with Crippen molar-refractivity contribution in [1.82, 2.24) is 14.7 Å². The van der Waals surface area contributed by atoms with Crippen LogP contribution in [0.5, 0.6) is 5.75 Å². The maximum absolute atomic E-state index is 13.6. The highest BCUT2D eigenvalue weighted by Gasteiger charge is 2.30. The van der Waals surface area contributed by atoms with Gasteiger partial charge in [0.05, 0.1) is 13.2 Å². The molecule has 2 heterocycles. The van der Waals surface area contributed by atoms with Gasteiger partial charge >= 0.3 is 0 Å². The van der Waals surface area contributed by atoms with Gasteiger partial charge in [-0.15, -0.1) is 0 Å². The minimum Gasteiger partial charge on any atom is -0.496 e. The molecule has 0 saturated carbocycles. The van der Waals surface area contributed by atoms with Gasteiger partial charge in [0.2, 0.25) is 5.91 Å². The minimum atomic E-state index is -0.244. The van der Waals surface area contributed by atoms with Crippen molar-refractivity contribution in [1.29, 1.82) is 0 Å². The molecule has 30 heavy (non-hydrogen) atoms. The highest BCUT2D eigenvalue weighted by Crippen LogP contribution is 2.23. The maximum Gasteiger partial charge on any atom is 0.239 e. The number of nitrogens with zero attached hydrogens (tertiary/aromatic N) is 3. The number of ether oxygens (including phenoxy) is 1. The van der Waals surface area contributed by atoms with Crippen molar-refractivity contribution >= 4 is 5.91 Å². The number of carbonyl (C=O) groups is 1. The Balaban J connectivity index is 1.32. The number of hydrogen-bond acceptors (Lipinski definition) is 4. The lowest BCUT2D eigenvalue weighted by molar-refractivity contribution is -0.138. The molecule has 0 aliphatic carbocycles. The summed E-state index contributed by atoms with van der Waals surface area (Å²) in [6.45, 7) is 7.52. The van der Waals surface area contributed by atoms with Crippen molar-refractivity contribution in [2.45, 2.75) is 32.5 Å². The summed E-state index contributed by atoms with van der Waals surface area (Å²) in [6, 6.07) is 12.9. The van der Waals surface area contributed by atoms with Crippen molar-refractivity contribution in [2.75, 3.05) is 39.8 Å². The van der Waals surface area contributed by atoms with Gasteiger partial charge in [0.1, 0.15) is 11.6 Å². The molecule has 1 fully saturated rings. The second-order valence-corrected chi connectivity index (χ2v) is 8.22. The highest BCUT2D eigenvalue weighted by atomic mass is 19.1. The summed E-state index contributed by atoms with van der Waals surface area (Å²) >= 11 is 0. The lowest BCUT2D eigenvalue weighted by atomic mass is 9.99. The molecule has 0 aromatic heterocycles. The van der Waals surface area contributed by atoms with Crippen LogP contribution in [0.1, 0.15) is 23.6 Å². The Morgan fingerprint density at radius 2 is 1.80 bits per heavy atom. The van der Waals surface area contributed by atoms with Crippen LogP contribution in [-0.2, 0) is 24.3 Å². The van der Waals surface area contributed by atoms with Crippen LogP contribution in [0.4, 0.5) is 4.39 Å². The number of rotatable bonds is 5. The molecule has 2 aliphatic rings. The SMILES string of the molecule is COc1ccc(F)cc1CN1CCN([C@@H](C)C(=O)N2CCc3ccccc3C2)CC1. The lowest BCUT2D eigenvalue weighted by Gasteiger charge is -2.40. The Kier molecular flexibility index (Phi) is 6.35. The van der Waals surface area contributed by atoms with Crippen LogP contribution in [0, 0.1) is 5.82 Å². The van der Waals surface area contributed by atoms with E-state index in [1.807, 2.05) is 17.9 Å². The van der Waals surface area contributed by atoms with Crippen molar-refractivity contribution in [3.8, 4) is 5.75 Å². The molecule has 4 rings (SSSR count). The molecule has 0 bridgehead atoms. The quantitative estimate of drug-likeness (QED) is 0.758. The van der Waals surface area contributed by atoms with Crippen molar-refractivity contribution in [3.63, 3.8) is 0 Å². The molecule has 1 amide bonds. The molecule has 0 radical (unpaired) electrons. The molecule has 1 atom stereocenters. The van der Waals surface area contributed by atoms with Gasteiger partial charge in [-0.3, -0.25) is 14.6 Å². The third-order valence-electron chi connectivity index (χ3n) is 6.39. The van der Waals surface area contributed by atoms with Gasteiger partial charge in [-0.2, -0.15) is 0 Å². The van der Waals surface area contributed by atoms with Gasteiger partial charge in [0, 0.05) is 51.4 Å². The molecular weight excluding hydrogens is 381 g/mol. The Hall–Kier alpha value is -2.44. The van der Waals surface area contributed by atoms with Gasteiger partial charge in [-0.1, -0.05) is 24.3 Å². The van der Waals surface area contributed by atoms with Gasteiger partial charge in [0.25, 0.3) is 0 Å². The number of fused-ring (bicyclic) bond motifs is 1. The molecule has 0 spiro atoms. The number of methoxy groups -OCH3 is 1. The third kappa shape index (κ3) is 4.50. The van der Waals surface area contributed by atoms with E-state index >= 15 is 0 Å². The van der Waals surface area contributed by atoms with E-state index in [9.17, 15) is 9.18 Å². The third-order valence-corrected chi connectivity index (χ3v) is 6.39. The summed E-state index contributed by atoms with van der Waals surface area (Å²) in [5.74, 6) is 0.685. The van der Waals surface area contributed by atoms with E-state index in [4.69, 9.17) is 4.74 Å². The van der Waals surface area contributed by atoms with Crippen LogP contribution in [0.25, 0.3) is 0 Å². The van der Waals surface area contributed by atoms with Crippen LogP contribution in [0.3, 0.4) is 0 Å². The van der Waals surface area contributed by atoms with E-state index in [2.05, 4.69) is 28.0 Å². The zero-order valence-corrected chi connectivity index (χ0v) is 17.8. The van der Waals surface area contributed by atoms with Crippen molar-refractivity contribution in [3.05, 3.63) is 65.0 Å². The summed E-state index contributed by atoms with van der Waals surface area (Å²) in [4.78, 5) is 19.7. The van der Waals surface area contributed by atoms with Gasteiger partial charge in [-0.25, -0.2) is 4.39 Å². The van der Waals surface area contributed by atoms with Gasteiger partial charge in [-0.05, 0) is 42.7 Å². The number of halogens is 1. The Labute approximate surface area is 178 Å². The van der Waals surface area contributed by atoms with E-state index in [1.165, 1.54) is 17.2 Å². The van der Waals surface area contributed by atoms with Crippen molar-refractivity contribution < 1.29 is 13.9 Å². The molecule has 0 unspecified atom stereocenters. The van der Waals surface area contributed by atoms with E-state index in [0.717, 1.165) is 44.7 Å². The number of amides is 1. The first-order chi connectivity index (χ1) is 14.5. The average Bonchev–Trinajstić information content (AvgIpc) is 2.78. The molecule has 2 aromatic carbocycles. The first kappa shape index (κ1) is 20.8. The summed E-state index contributed by atoms with van der Waals surface area (Å²) < 4.78 is 19.0. The van der Waals surface area contributed by atoms with E-state index in [0.29, 0.717) is 18.8 Å². The van der Waals surface area contributed by atoms with Crippen molar-refractivity contribution in [2.24, 2.45) is 0 Å². The zero-order valence-electron chi connectivity index (χ0n) is 17.8. The molecular formula is C24H30FN3O2. The Bertz CT molecular complexity index is 896. The molecule has 2 aliphatic heterocycles. The predicted molar refractivity (Wildman–Crippen MR) is 115 cm³/mol. The number of benzene rings is 2. The largest absolute Gasteiger partial charge is 0.496 e. The van der Waals surface area contributed by atoms with Crippen LogP contribution >= 0.6 is 0 Å². The van der Waals surface area contributed by atoms with Crippen LogP contribution in [0.2, 0.25) is 0 Å². The molecule has 2 aromatic rings. The van der Waals surface area contributed by atoms with E-state index in [1.54, 1.807) is 19.2 Å². The number of hydrogen-bond donors (Lipinski definition) is 0. The molecule has 160 valence electrons. The first-order valence-electron chi connectivity index (χ1n) is 10.7. The number of piperazine rings is 1. The minimum absolute atomic E-state index is 0.124. The van der Waals surface area contributed by atoms with Crippen LogP contribution < -0.4 is 4.74 Å². The molecule has 1 saturated heterocycles. The maximum atomic E-state index is 13.6. The van der Waals surface area contributed by atoms with Gasteiger partial charge < -0.3 is 9.64 Å². The summed E-state index contributed by atoms with van der Waals surface area (Å²) in [5.41, 5.74) is 3.48. The fourth-order valence-corrected chi connectivity index (χ4v) is 4.52. The zero-order chi connectivity index (χ0) is 21.1. The smallest absolute Gasteiger partial charge is 0.239 e. The lowest BCUT2D eigenvalue weighted by Crippen LogP contribution is -2.54. The monoisotopic (exact) mass is 411 g/mol. The first-order valence-corrected chi connectivity index (χ1v) is 10.7. The Morgan fingerprint density at radius 1 is 1.07 bits per heavy atom. The fourth-order valence-electron chi connectivity index (χ4n) is 4.52. The standard InChI is InChI=1S/C24H30FN3O2/c1-18(24(29)28-10-9-19-5-3-4-6-20(19)17-28)27-13-11-26(12-14-27)16-21-15-22(25)7-8-23(21)30-2/h3-8,15,18H,9-14,16-17H2,1-2H3/t18-/m0/s1. The molecule has 0 N–H and O–H groups in total. The molecule has 6 heteroatoms. The second kappa shape index (κ2) is 9.14. The second-order valence-electron chi connectivity index (χ2n) is 8.22. The summed E-state index contributed by atoms with van der Waals surface area (Å²) in [7, 11) is 1.61. The Morgan fingerprint density at radius 3 is 2.53 bits per heavy atom. The summed E-state index contributed by atoms with van der Waals surface area (Å²) in [6.07, 6.45) is 0.928. The summed E-state index contributed by atoms with van der Waals surface area (Å²) in [5, 5.41) is 0. The number of carbonyl (C=O) groups excluding carboxylic acids is 1. The highest BCUT2D eigenvalue weighted by molar-refractivity contribution is 5.81.